The largest absolute Gasteiger partial charge is 0.393 e. The Morgan fingerprint density at radius 3 is 2.95 bits per heavy atom. The molecule has 8 heteroatoms. The number of carbonyl (C=O) groups is 1. The molecule has 1 atom stereocenters. The fraction of sp³-hybridized carbons (Fsp3) is 0.667. The lowest BCUT2D eigenvalue weighted by atomic mass is 9.97. The van der Waals surface area contributed by atoms with Crippen molar-refractivity contribution in [3.05, 3.63) is 11.1 Å². The van der Waals surface area contributed by atoms with Gasteiger partial charge in [-0.1, -0.05) is 0 Å². The number of aryl methyl sites for hydroxylation is 1. The van der Waals surface area contributed by atoms with Crippen molar-refractivity contribution in [1.82, 2.24) is 9.88 Å². The molecule has 1 amide bonds. The molecule has 1 aliphatic heterocycles. The van der Waals surface area contributed by atoms with Crippen molar-refractivity contribution in [2.24, 2.45) is 5.92 Å². The van der Waals surface area contributed by atoms with E-state index in [1.165, 1.54) is 11.3 Å². The Labute approximate surface area is 119 Å². The second-order valence-electron chi connectivity index (χ2n) is 4.96. The third-order valence-electron chi connectivity index (χ3n) is 3.20. The normalized spacial score (nSPS) is 20.9. The van der Waals surface area contributed by atoms with Crippen LogP contribution >= 0.6 is 11.3 Å². The highest BCUT2D eigenvalue weighted by molar-refractivity contribution is 7.13. The number of halogens is 3. The monoisotopic (exact) mass is 307 g/mol. The predicted octanol–water partition coefficient (Wildman–Crippen LogP) is 2.66. The maximum Gasteiger partial charge on any atom is 0.393 e. The maximum atomic E-state index is 12.7. The zero-order valence-corrected chi connectivity index (χ0v) is 11.9. The number of carbonyl (C=O) groups excluding carboxylic acids is 1. The van der Waals surface area contributed by atoms with E-state index in [1.54, 1.807) is 10.3 Å². The minimum Gasteiger partial charge on any atom is -0.301 e. The van der Waals surface area contributed by atoms with E-state index in [-0.39, 0.29) is 25.4 Å². The highest BCUT2D eigenvalue weighted by atomic mass is 32.1. The SMILES string of the molecule is Cc1csc(NC(=O)CN2CCCC(C(F)(F)F)C2)n1. The Hall–Kier alpha value is -1.15. The van der Waals surface area contributed by atoms with Gasteiger partial charge in [-0.2, -0.15) is 13.2 Å². The third kappa shape index (κ3) is 4.17. The van der Waals surface area contributed by atoms with E-state index in [4.69, 9.17) is 0 Å². The van der Waals surface area contributed by atoms with E-state index in [1.807, 2.05) is 6.92 Å². The highest BCUT2D eigenvalue weighted by Crippen LogP contribution is 2.32. The van der Waals surface area contributed by atoms with Crippen molar-refractivity contribution < 1.29 is 18.0 Å². The average molecular weight is 307 g/mol. The predicted molar refractivity (Wildman–Crippen MR) is 70.7 cm³/mol. The number of amides is 1. The average Bonchev–Trinajstić information content (AvgIpc) is 2.73. The van der Waals surface area contributed by atoms with E-state index >= 15 is 0 Å². The molecule has 2 heterocycles. The first kappa shape index (κ1) is 15.2. The summed E-state index contributed by atoms with van der Waals surface area (Å²) in [7, 11) is 0. The number of hydrogen-bond donors (Lipinski definition) is 1. The quantitative estimate of drug-likeness (QED) is 0.934. The van der Waals surface area contributed by atoms with E-state index in [2.05, 4.69) is 10.3 Å². The Balaban J connectivity index is 1.85. The van der Waals surface area contributed by atoms with Crippen molar-refractivity contribution in [3.63, 3.8) is 0 Å². The molecular weight excluding hydrogens is 291 g/mol. The molecule has 0 bridgehead atoms. The summed E-state index contributed by atoms with van der Waals surface area (Å²) >= 11 is 1.30. The Morgan fingerprint density at radius 2 is 2.35 bits per heavy atom. The minimum absolute atomic E-state index is 0.0226. The second kappa shape index (κ2) is 6.09. The molecule has 0 radical (unpaired) electrons. The Kier molecular flexibility index (Phi) is 4.64. The molecule has 1 unspecified atom stereocenters. The maximum absolute atomic E-state index is 12.7. The number of nitrogens with one attached hydrogen (secondary N) is 1. The first-order valence-electron chi connectivity index (χ1n) is 6.35. The van der Waals surface area contributed by atoms with E-state index < -0.39 is 12.1 Å². The summed E-state index contributed by atoms with van der Waals surface area (Å²) in [6.07, 6.45) is -3.57. The topological polar surface area (TPSA) is 45.2 Å². The van der Waals surface area contributed by atoms with Gasteiger partial charge in [-0.25, -0.2) is 4.98 Å². The van der Waals surface area contributed by atoms with Gasteiger partial charge in [0, 0.05) is 11.9 Å². The van der Waals surface area contributed by atoms with E-state index in [9.17, 15) is 18.0 Å². The number of alkyl halides is 3. The first-order valence-corrected chi connectivity index (χ1v) is 7.23. The lowest BCUT2D eigenvalue weighted by Gasteiger charge is -2.33. The Morgan fingerprint density at radius 1 is 1.60 bits per heavy atom. The molecule has 112 valence electrons. The van der Waals surface area contributed by atoms with Gasteiger partial charge in [0.1, 0.15) is 0 Å². The van der Waals surface area contributed by atoms with Gasteiger partial charge in [-0.05, 0) is 26.3 Å². The van der Waals surface area contributed by atoms with Crippen LogP contribution in [0.15, 0.2) is 5.38 Å². The smallest absolute Gasteiger partial charge is 0.301 e. The molecule has 2 rings (SSSR count). The number of thiazole rings is 1. The summed E-state index contributed by atoms with van der Waals surface area (Å²) < 4.78 is 38.0. The summed E-state index contributed by atoms with van der Waals surface area (Å²) in [6, 6.07) is 0. The molecule has 1 aromatic heterocycles. The van der Waals surface area contributed by atoms with Crippen LogP contribution in [0, 0.1) is 12.8 Å². The second-order valence-corrected chi connectivity index (χ2v) is 5.82. The van der Waals surface area contributed by atoms with Crippen molar-refractivity contribution >= 4 is 22.4 Å². The zero-order chi connectivity index (χ0) is 14.8. The van der Waals surface area contributed by atoms with E-state index in [0.29, 0.717) is 18.1 Å². The van der Waals surface area contributed by atoms with Gasteiger partial charge in [0.15, 0.2) is 5.13 Å². The highest BCUT2D eigenvalue weighted by Gasteiger charge is 2.41. The lowest BCUT2D eigenvalue weighted by molar-refractivity contribution is -0.186. The van der Waals surface area contributed by atoms with Gasteiger partial charge in [-0.15, -0.1) is 11.3 Å². The number of nitrogens with zero attached hydrogens (tertiary/aromatic N) is 2. The summed E-state index contributed by atoms with van der Waals surface area (Å²) in [4.78, 5) is 17.4. The van der Waals surface area contributed by atoms with Gasteiger partial charge < -0.3 is 5.32 Å². The van der Waals surface area contributed by atoms with Crippen LogP contribution < -0.4 is 5.32 Å². The van der Waals surface area contributed by atoms with Crippen LogP contribution in [0.2, 0.25) is 0 Å². The zero-order valence-electron chi connectivity index (χ0n) is 11.0. The summed E-state index contributed by atoms with van der Waals surface area (Å²) in [5.74, 6) is -1.65. The van der Waals surface area contributed by atoms with Crippen LogP contribution in [0.5, 0.6) is 0 Å². The number of aromatic nitrogens is 1. The van der Waals surface area contributed by atoms with Crippen molar-refractivity contribution in [3.8, 4) is 0 Å². The number of hydrogen-bond acceptors (Lipinski definition) is 4. The number of anilines is 1. The summed E-state index contributed by atoms with van der Waals surface area (Å²) in [5.41, 5.74) is 0.806. The minimum atomic E-state index is -4.18. The molecule has 4 nitrogen and oxygen atoms in total. The summed E-state index contributed by atoms with van der Waals surface area (Å²) in [6.45, 7) is 2.21. The van der Waals surface area contributed by atoms with Gasteiger partial charge in [0.05, 0.1) is 18.2 Å². The fourth-order valence-electron chi connectivity index (χ4n) is 2.24. The van der Waals surface area contributed by atoms with Gasteiger partial charge in [-0.3, -0.25) is 9.69 Å². The third-order valence-corrected chi connectivity index (χ3v) is 4.08. The molecule has 1 aromatic rings. The van der Waals surface area contributed by atoms with Crippen LogP contribution in [0.1, 0.15) is 18.5 Å². The molecule has 1 saturated heterocycles. The van der Waals surface area contributed by atoms with Gasteiger partial charge >= 0.3 is 6.18 Å². The van der Waals surface area contributed by atoms with Crippen molar-refractivity contribution in [2.45, 2.75) is 25.9 Å². The molecule has 20 heavy (non-hydrogen) atoms. The molecule has 0 aliphatic carbocycles. The first-order chi connectivity index (χ1) is 9.34. The number of piperidine rings is 1. The van der Waals surface area contributed by atoms with Crippen LogP contribution in [-0.2, 0) is 4.79 Å². The van der Waals surface area contributed by atoms with E-state index in [0.717, 1.165) is 5.69 Å². The van der Waals surface area contributed by atoms with Crippen LogP contribution in [0.3, 0.4) is 0 Å². The summed E-state index contributed by atoms with van der Waals surface area (Å²) in [5, 5.41) is 4.89. The molecule has 0 saturated carbocycles. The molecular formula is C12H16F3N3OS. The van der Waals surface area contributed by atoms with Crippen molar-refractivity contribution in [1.29, 1.82) is 0 Å². The Bertz CT molecular complexity index is 475. The standard InChI is InChI=1S/C12H16F3N3OS/c1-8-7-20-11(16-8)17-10(19)6-18-4-2-3-9(5-18)12(13,14)15/h7,9H,2-6H2,1H3,(H,16,17,19). The molecule has 1 aliphatic rings. The number of rotatable bonds is 3. The van der Waals surface area contributed by atoms with Gasteiger partial charge in [0.25, 0.3) is 0 Å². The molecule has 0 spiro atoms. The fourth-order valence-corrected chi connectivity index (χ4v) is 2.94. The van der Waals surface area contributed by atoms with Crippen molar-refractivity contribution in [2.75, 3.05) is 25.0 Å². The van der Waals surface area contributed by atoms with Gasteiger partial charge in [0.2, 0.25) is 5.91 Å². The number of likely N-dealkylation sites (tertiary alicyclic amines) is 1. The molecule has 0 aromatic carbocycles. The van der Waals surface area contributed by atoms with Crippen LogP contribution in [0.25, 0.3) is 0 Å². The van der Waals surface area contributed by atoms with Crippen LogP contribution in [0.4, 0.5) is 18.3 Å². The molecule has 1 fully saturated rings. The molecule has 1 N–H and O–H groups in total. The lowest BCUT2D eigenvalue weighted by Crippen LogP contribution is -2.44. The van der Waals surface area contributed by atoms with Crippen LogP contribution in [-0.4, -0.2) is 41.6 Å².